The highest BCUT2D eigenvalue weighted by atomic mass is 19.4. The number of anilines is 1. The molecule has 1 aliphatic carbocycles. The monoisotopic (exact) mass is 355 g/mol. The van der Waals surface area contributed by atoms with Crippen molar-refractivity contribution in [3.8, 4) is 5.75 Å². The van der Waals surface area contributed by atoms with Gasteiger partial charge in [-0.05, 0) is 25.0 Å². The Labute approximate surface area is 141 Å². The van der Waals surface area contributed by atoms with Gasteiger partial charge in [0.1, 0.15) is 11.8 Å². The van der Waals surface area contributed by atoms with Gasteiger partial charge in [-0.15, -0.1) is 0 Å². The molecule has 1 aromatic rings. The van der Waals surface area contributed by atoms with Gasteiger partial charge in [-0.25, -0.2) is 4.79 Å². The van der Waals surface area contributed by atoms with Gasteiger partial charge in [-0.1, -0.05) is 24.3 Å². The van der Waals surface area contributed by atoms with Crippen LogP contribution in [0.3, 0.4) is 0 Å². The molecule has 0 aromatic heterocycles. The second-order valence-corrected chi connectivity index (χ2v) is 5.94. The predicted octanol–water partition coefficient (Wildman–Crippen LogP) is 3.11. The smallest absolute Gasteiger partial charge is 0.471 e. The Morgan fingerprint density at radius 3 is 2.68 bits per heavy atom. The van der Waals surface area contributed by atoms with E-state index in [0.717, 1.165) is 0 Å². The number of carboxylic acid groups (broad SMARTS) is 1. The van der Waals surface area contributed by atoms with Crippen LogP contribution in [0, 0.1) is 5.92 Å². The van der Waals surface area contributed by atoms with Crippen LogP contribution in [-0.4, -0.2) is 35.8 Å². The predicted molar refractivity (Wildman–Crippen MR) is 82.6 cm³/mol. The van der Waals surface area contributed by atoms with Gasteiger partial charge in [-0.2, -0.15) is 13.2 Å². The highest BCUT2D eigenvalue weighted by Gasteiger charge is 2.54. The Kier molecular flexibility index (Phi) is 4.22. The number of benzene rings is 1. The molecule has 1 N–H and O–H groups in total. The molecular weight excluding hydrogens is 339 g/mol. The van der Waals surface area contributed by atoms with E-state index in [1.165, 1.54) is 6.07 Å². The molecule has 5 nitrogen and oxygen atoms in total. The van der Waals surface area contributed by atoms with Crippen molar-refractivity contribution in [3.05, 3.63) is 35.9 Å². The van der Waals surface area contributed by atoms with E-state index >= 15 is 0 Å². The molecule has 134 valence electrons. The minimum Gasteiger partial charge on any atom is -0.492 e. The molecule has 3 atom stereocenters. The number of halogens is 3. The van der Waals surface area contributed by atoms with Crippen LogP contribution < -0.4 is 9.64 Å². The number of hydrogen-bond donors (Lipinski definition) is 1. The van der Waals surface area contributed by atoms with Gasteiger partial charge in [0.15, 0.2) is 0 Å². The van der Waals surface area contributed by atoms with Crippen molar-refractivity contribution in [2.75, 3.05) is 11.5 Å². The molecule has 1 heterocycles. The molecule has 2 aliphatic rings. The summed E-state index contributed by atoms with van der Waals surface area (Å²) in [6, 6.07) is 3.07. The summed E-state index contributed by atoms with van der Waals surface area (Å²) in [6.45, 7) is 1.83. The number of carbonyl (C=O) groups is 2. The number of allylic oxidation sites excluding steroid dienone is 2. The average Bonchev–Trinajstić information content (AvgIpc) is 3.01. The normalized spacial score (nSPS) is 24.6. The standard InChI is InChI=1S/C17H16F3NO4/c1-2-25-12-8-4-7-10-9-5-3-6-11(9)14(15(22)23)21(13(10)12)16(24)17(18,19)20/h3-5,7-9,11,14H,2,6H2,1H3,(H,22,23)/t9-,11-,14+/m1/s1. The minimum atomic E-state index is -5.19. The zero-order chi connectivity index (χ0) is 18.4. The summed E-state index contributed by atoms with van der Waals surface area (Å²) in [5, 5.41) is 9.59. The summed E-state index contributed by atoms with van der Waals surface area (Å²) in [5.74, 6) is -4.60. The zero-order valence-electron chi connectivity index (χ0n) is 13.3. The SMILES string of the molecule is CCOc1cccc2c1N(C(=O)C(F)(F)F)[C@H](C(=O)O)[C@@H]1CC=C[C@H]21. The molecule has 1 aliphatic heterocycles. The number of ether oxygens (including phenoxy) is 1. The van der Waals surface area contributed by atoms with Crippen molar-refractivity contribution < 1.29 is 32.6 Å². The molecule has 1 amide bonds. The van der Waals surface area contributed by atoms with Gasteiger partial charge in [0.05, 0.1) is 12.3 Å². The maximum atomic E-state index is 13.2. The maximum Gasteiger partial charge on any atom is 0.471 e. The zero-order valence-corrected chi connectivity index (χ0v) is 13.3. The summed E-state index contributed by atoms with van der Waals surface area (Å²) >= 11 is 0. The molecule has 0 unspecified atom stereocenters. The van der Waals surface area contributed by atoms with Crippen LogP contribution >= 0.6 is 0 Å². The van der Waals surface area contributed by atoms with Crippen molar-refractivity contribution in [2.45, 2.75) is 31.5 Å². The minimum absolute atomic E-state index is 0.0719. The van der Waals surface area contributed by atoms with E-state index in [4.69, 9.17) is 4.74 Å². The third-order valence-corrected chi connectivity index (χ3v) is 4.54. The number of aliphatic carboxylic acids is 1. The fourth-order valence-corrected chi connectivity index (χ4v) is 3.66. The van der Waals surface area contributed by atoms with E-state index in [-0.39, 0.29) is 24.0 Å². The van der Waals surface area contributed by atoms with Crippen molar-refractivity contribution >= 4 is 17.6 Å². The summed E-state index contributed by atoms with van der Waals surface area (Å²) in [5.41, 5.74) is 0.367. The highest BCUT2D eigenvalue weighted by molar-refractivity contribution is 6.05. The number of carboxylic acids is 1. The number of para-hydroxylation sites is 1. The molecule has 1 aromatic carbocycles. The Balaban J connectivity index is 2.25. The molecule has 0 saturated carbocycles. The molecular formula is C17H16F3NO4. The second-order valence-electron chi connectivity index (χ2n) is 5.94. The quantitative estimate of drug-likeness (QED) is 0.846. The van der Waals surface area contributed by atoms with Gasteiger partial charge in [0.2, 0.25) is 0 Å². The van der Waals surface area contributed by atoms with E-state index in [1.807, 2.05) is 0 Å². The number of hydrogen-bond acceptors (Lipinski definition) is 3. The Hall–Kier alpha value is -2.51. The molecule has 0 radical (unpaired) electrons. The fourth-order valence-electron chi connectivity index (χ4n) is 3.66. The third-order valence-electron chi connectivity index (χ3n) is 4.54. The summed E-state index contributed by atoms with van der Waals surface area (Å²) in [4.78, 5) is 24.2. The van der Waals surface area contributed by atoms with Crippen molar-refractivity contribution in [1.29, 1.82) is 0 Å². The molecule has 8 heteroatoms. The average molecular weight is 355 g/mol. The van der Waals surface area contributed by atoms with E-state index in [9.17, 15) is 27.9 Å². The maximum absolute atomic E-state index is 13.2. The Morgan fingerprint density at radius 2 is 2.08 bits per heavy atom. The molecule has 25 heavy (non-hydrogen) atoms. The molecule has 0 saturated heterocycles. The van der Waals surface area contributed by atoms with E-state index in [2.05, 4.69) is 0 Å². The first kappa shape index (κ1) is 17.3. The topological polar surface area (TPSA) is 66.8 Å². The lowest BCUT2D eigenvalue weighted by atomic mass is 9.77. The Morgan fingerprint density at radius 1 is 1.36 bits per heavy atom. The number of alkyl halides is 3. The van der Waals surface area contributed by atoms with E-state index in [0.29, 0.717) is 16.9 Å². The Bertz CT molecular complexity index is 744. The van der Waals surface area contributed by atoms with E-state index < -0.39 is 30.0 Å². The van der Waals surface area contributed by atoms with Crippen molar-refractivity contribution in [2.24, 2.45) is 5.92 Å². The largest absolute Gasteiger partial charge is 0.492 e. The summed E-state index contributed by atoms with van der Waals surface area (Å²) < 4.78 is 45.0. The molecule has 0 fully saturated rings. The van der Waals surface area contributed by atoms with Gasteiger partial charge >= 0.3 is 18.1 Å². The van der Waals surface area contributed by atoms with Crippen LogP contribution in [-0.2, 0) is 9.59 Å². The summed E-state index contributed by atoms with van der Waals surface area (Å²) in [7, 11) is 0. The number of amides is 1. The third kappa shape index (κ3) is 2.75. The van der Waals surface area contributed by atoms with Crippen LogP contribution in [0.15, 0.2) is 30.4 Å². The van der Waals surface area contributed by atoms with Gasteiger partial charge in [0, 0.05) is 11.8 Å². The van der Waals surface area contributed by atoms with Crippen molar-refractivity contribution in [3.63, 3.8) is 0 Å². The first-order valence-corrected chi connectivity index (χ1v) is 7.83. The first-order valence-electron chi connectivity index (χ1n) is 7.83. The lowest BCUT2D eigenvalue weighted by Crippen LogP contribution is -2.57. The van der Waals surface area contributed by atoms with Crippen LogP contribution in [0.2, 0.25) is 0 Å². The van der Waals surface area contributed by atoms with Crippen LogP contribution in [0.4, 0.5) is 18.9 Å². The number of rotatable bonds is 3. The van der Waals surface area contributed by atoms with Crippen LogP contribution in [0.1, 0.15) is 24.8 Å². The van der Waals surface area contributed by atoms with Crippen LogP contribution in [0.5, 0.6) is 5.75 Å². The number of nitrogens with zero attached hydrogens (tertiary/aromatic N) is 1. The fraction of sp³-hybridized carbons (Fsp3) is 0.412. The van der Waals surface area contributed by atoms with Gasteiger partial charge < -0.3 is 9.84 Å². The van der Waals surface area contributed by atoms with Gasteiger partial charge in [0.25, 0.3) is 0 Å². The first-order chi connectivity index (χ1) is 11.8. The number of fused-ring (bicyclic) bond motifs is 3. The van der Waals surface area contributed by atoms with Crippen LogP contribution in [0.25, 0.3) is 0 Å². The van der Waals surface area contributed by atoms with Crippen molar-refractivity contribution in [1.82, 2.24) is 0 Å². The molecule has 0 bridgehead atoms. The number of carbonyl (C=O) groups excluding carboxylic acids is 1. The molecule has 0 spiro atoms. The van der Waals surface area contributed by atoms with Gasteiger partial charge in [-0.3, -0.25) is 9.69 Å². The van der Waals surface area contributed by atoms with E-state index in [1.54, 1.807) is 31.2 Å². The second kappa shape index (κ2) is 6.09. The lowest BCUT2D eigenvalue weighted by Gasteiger charge is -2.42. The molecule has 3 rings (SSSR count). The lowest BCUT2D eigenvalue weighted by molar-refractivity contribution is -0.172. The summed E-state index contributed by atoms with van der Waals surface area (Å²) in [6.07, 6.45) is -1.38. The highest BCUT2D eigenvalue weighted by Crippen LogP contribution is 2.51.